The maximum Gasteiger partial charge on any atom is 0.253 e. The van der Waals surface area contributed by atoms with Crippen molar-refractivity contribution in [3.05, 3.63) is 93.3 Å². The van der Waals surface area contributed by atoms with Gasteiger partial charge in [-0.25, -0.2) is 0 Å². The minimum atomic E-state index is -0.0250. The molecular weight excluding hydrogens is 390 g/mol. The van der Waals surface area contributed by atoms with Crippen molar-refractivity contribution in [2.45, 2.75) is 13.0 Å². The molecule has 4 rings (SSSR count). The molecule has 0 atom stereocenters. The highest BCUT2D eigenvalue weighted by Gasteiger charge is 2.22. The third-order valence-electron chi connectivity index (χ3n) is 5.59. The predicted octanol–water partition coefficient (Wildman–Crippen LogP) is 2.18. The van der Waals surface area contributed by atoms with Crippen LogP contribution in [0.2, 0.25) is 0 Å². The van der Waals surface area contributed by atoms with Crippen LogP contribution in [-0.2, 0) is 24.8 Å². The van der Waals surface area contributed by atoms with Gasteiger partial charge in [0.15, 0.2) is 0 Å². The van der Waals surface area contributed by atoms with Crippen molar-refractivity contribution < 1.29 is 4.79 Å². The number of carbonyl (C=O) groups excluding carboxylic acids is 1. The summed E-state index contributed by atoms with van der Waals surface area (Å²) in [4.78, 5) is 30.1. The first kappa shape index (κ1) is 20.1. The molecule has 0 unspecified atom stereocenters. The van der Waals surface area contributed by atoms with Crippen molar-refractivity contribution >= 4 is 12.0 Å². The number of aryl methyl sites for hydroxylation is 1. The number of amides is 1. The number of carbonyl (C=O) groups is 1. The van der Waals surface area contributed by atoms with E-state index in [0.29, 0.717) is 30.8 Å². The van der Waals surface area contributed by atoms with Gasteiger partial charge in [0.05, 0.1) is 17.3 Å². The maximum absolute atomic E-state index is 12.6. The second kappa shape index (κ2) is 8.28. The maximum atomic E-state index is 12.6. The molecule has 1 aliphatic heterocycles. The van der Waals surface area contributed by atoms with Crippen LogP contribution in [0.1, 0.15) is 27.9 Å². The summed E-state index contributed by atoms with van der Waals surface area (Å²) < 4.78 is 1.58. The average Bonchev–Trinajstić information content (AvgIpc) is 2.82. The largest absolute Gasteiger partial charge is 0.404 e. The van der Waals surface area contributed by atoms with Crippen LogP contribution in [0.4, 0.5) is 0 Å². The number of pyridine rings is 2. The Morgan fingerprint density at radius 3 is 2.58 bits per heavy atom. The first-order valence-electron chi connectivity index (χ1n) is 9.85. The van der Waals surface area contributed by atoms with Crippen molar-refractivity contribution in [1.29, 1.82) is 5.26 Å². The summed E-state index contributed by atoms with van der Waals surface area (Å²) in [5.41, 5.74) is 12.1. The molecular formula is C24H21N5O2. The first-order valence-corrected chi connectivity index (χ1v) is 9.85. The van der Waals surface area contributed by atoms with Crippen molar-refractivity contribution in [1.82, 2.24) is 14.5 Å². The van der Waals surface area contributed by atoms with Crippen LogP contribution in [0.25, 0.3) is 16.7 Å². The van der Waals surface area contributed by atoms with Gasteiger partial charge < -0.3 is 15.2 Å². The number of nitrogens with two attached hydrogens (primary N) is 1. The fourth-order valence-corrected chi connectivity index (χ4v) is 3.92. The number of hydrogen-bond acceptors (Lipinski definition) is 5. The van der Waals surface area contributed by atoms with Gasteiger partial charge in [-0.05, 0) is 35.7 Å². The van der Waals surface area contributed by atoms with E-state index in [0.717, 1.165) is 39.8 Å². The Bertz CT molecular complexity index is 1270. The lowest BCUT2D eigenvalue weighted by Gasteiger charge is -2.27. The smallest absolute Gasteiger partial charge is 0.253 e. The molecule has 0 bridgehead atoms. The van der Waals surface area contributed by atoms with Crippen LogP contribution >= 0.6 is 0 Å². The Morgan fingerprint density at radius 1 is 1.19 bits per heavy atom. The molecule has 1 aliphatic rings. The standard InChI is InChI=1S/C24H21N5O2/c1-28-13-21(22-14-29(15-30)9-8-19(22)24(28)31)18-6-7-23(27-12-18)20(11-26)17-4-2-16(10-25)3-5-17/h2-7,11-13,15H,8-9,14,26H2,1H3. The second-order valence-corrected chi connectivity index (χ2v) is 7.44. The summed E-state index contributed by atoms with van der Waals surface area (Å²) in [7, 11) is 1.74. The number of benzene rings is 1. The summed E-state index contributed by atoms with van der Waals surface area (Å²) in [5, 5.41) is 8.99. The topological polar surface area (TPSA) is 105 Å². The van der Waals surface area contributed by atoms with Gasteiger partial charge in [-0.3, -0.25) is 14.6 Å². The minimum absolute atomic E-state index is 0.0250. The average molecular weight is 411 g/mol. The summed E-state index contributed by atoms with van der Waals surface area (Å²) in [5.74, 6) is 0. The molecule has 0 spiro atoms. The predicted molar refractivity (Wildman–Crippen MR) is 118 cm³/mol. The fraction of sp³-hybridized carbons (Fsp3) is 0.167. The van der Waals surface area contributed by atoms with Gasteiger partial charge in [-0.2, -0.15) is 5.26 Å². The molecule has 7 nitrogen and oxygen atoms in total. The van der Waals surface area contributed by atoms with E-state index in [2.05, 4.69) is 11.1 Å². The van der Waals surface area contributed by atoms with E-state index in [-0.39, 0.29) is 5.56 Å². The van der Waals surface area contributed by atoms with Crippen LogP contribution in [0.5, 0.6) is 0 Å². The molecule has 0 saturated carbocycles. The summed E-state index contributed by atoms with van der Waals surface area (Å²) >= 11 is 0. The van der Waals surface area contributed by atoms with Crippen molar-refractivity contribution in [3.63, 3.8) is 0 Å². The van der Waals surface area contributed by atoms with Crippen molar-refractivity contribution in [2.24, 2.45) is 12.8 Å². The minimum Gasteiger partial charge on any atom is -0.404 e. The molecule has 0 saturated heterocycles. The van der Waals surface area contributed by atoms with Crippen LogP contribution in [0.3, 0.4) is 0 Å². The Morgan fingerprint density at radius 2 is 1.97 bits per heavy atom. The molecule has 0 aliphatic carbocycles. The van der Waals surface area contributed by atoms with Gasteiger partial charge in [0.25, 0.3) is 5.56 Å². The van der Waals surface area contributed by atoms with Gasteiger partial charge in [0.1, 0.15) is 0 Å². The molecule has 154 valence electrons. The summed E-state index contributed by atoms with van der Waals surface area (Å²) in [6.07, 6.45) is 6.41. The van der Waals surface area contributed by atoms with E-state index in [1.54, 1.807) is 41.0 Å². The summed E-state index contributed by atoms with van der Waals surface area (Å²) in [6, 6.07) is 13.1. The zero-order chi connectivity index (χ0) is 22.0. The van der Waals surface area contributed by atoms with Gasteiger partial charge in [0.2, 0.25) is 6.41 Å². The zero-order valence-electron chi connectivity index (χ0n) is 17.1. The van der Waals surface area contributed by atoms with Gasteiger partial charge >= 0.3 is 0 Å². The lowest BCUT2D eigenvalue weighted by atomic mass is 9.93. The molecule has 1 amide bonds. The second-order valence-electron chi connectivity index (χ2n) is 7.44. The number of hydrogen-bond donors (Lipinski definition) is 1. The third-order valence-corrected chi connectivity index (χ3v) is 5.59. The highest BCUT2D eigenvalue weighted by atomic mass is 16.1. The third kappa shape index (κ3) is 3.71. The van der Waals surface area contributed by atoms with E-state index in [1.165, 1.54) is 6.20 Å². The number of fused-ring (bicyclic) bond motifs is 1. The molecule has 2 aromatic heterocycles. The van der Waals surface area contributed by atoms with Gasteiger partial charge in [-0.1, -0.05) is 18.2 Å². The Kier molecular flexibility index (Phi) is 5.37. The SMILES string of the molecule is Cn1cc(-c2ccc(C(=CN)c3ccc(C#N)cc3)nc2)c2c(c1=O)CCN(C=O)C2. The fourth-order valence-electron chi connectivity index (χ4n) is 3.92. The molecule has 3 heterocycles. The monoisotopic (exact) mass is 411 g/mol. The van der Waals surface area contributed by atoms with Crippen LogP contribution < -0.4 is 11.3 Å². The lowest BCUT2D eigenvalue weighted by Crippen LogP contribution is -2.35. The summed E-state index contributed by atoms with van der Waals surface area (Å²) in [6.45, 7) is 0.951. The number of aromatic nitrogens is 2. The molecule has 0 fully saturated rings. The van der Waals surface area contributed by atoms with E-state index in [4.69, 9.17) is 11.0 Å². The molecule has 0 radical (unpaired) electrons. The molecule has 2 N–H and O–H groups in total. The first-order chi connectivity index (χ1) is 15.0. The molecule has 1 aromatic carbocycles. The van der Waals surface area contributed by atoms with Gasteiger partial charge in [0, 0.05) is 61.0 Å². The van der Waals surface area contributed by atoms with Crippen molar-refractivity contribution in [2.75, 3.05) is 6.54 Å². The van der Waals surface area contributed by atoms with Crippen LogP contribution in [0.15, 0.2) is 59.8 Å². The van der Waals surface area contributed by atoms with Crippen LogP contribution in [-0.4, -0.2) is 27.4 Å². The lowest BCUT2D eigenvalue weighted by molar-refractivity contribution is -0.118. The van der Waals surface area contributed by atoms with Gasteiger partial charge in [-0.15, -0.1) is 0 Å². The van der Waals surface area contributed by atoms with E-state index < -0.39 is 0 Å². The van der Waals surface area contributed by atoms with E-state index >= 15 is 0 Å². The number of rotatable bonds is 4. The number of nitriles is 1. The Labute approximate surface area is 179 Å². The number of nitrogens with zero attached hydrogens (tertiary/aromatic N) is 4. The Hall–Kier alpha value is -4.18. The molecule has 7 heteroatoms. The normalized spacial score (nSPS) is 13.4. The zero-order valence-corrected chi connectivity index (χ0v) is 17.1. The highest BCUT2D eigenvalue weighted by molar-refractivity contribution is 5.79. The molecule has 3 aromatic rings. The molecule has 31 heavy (non-hydrogen) atoms. The quantitative estimate of drug-likeness (QED) is 0.663. The van der Waals surface area contributed by atoms with Crippen molar-refractivity contribution in [3.8, 4) is 17.2 Å². The van der Waals surface area contributed by atoms with Crippen LogP contribution in [0, 0.1) is 11.3 Å². The highest BCUT2D eigenvalue weighted by Crippen LogP contribution is 2.29. The van der Waals surface area contributed by atoms with E-state index in [9.17, 15) is 9.59 Å². The Balaban J connectivity index is 1.73. The van der Waals surface area contributed by atoms with E-state index in [1.807, 2.05) is 24.3 Å².